The molecule has 0 spiro atoms. The number of pyridine rings is 1. The van der Waals surface area contributed by atoms with E-state index in [-0.39, 0.29) is 48.1 Å². The van der Waals surface area contributed by atoms with Crippen LogP contribution in [0.1, 0.15) is 137 Å². The van der Waals surface area contributed by atoms with E-state index in [1.807, 2.05) is 48.7 Å². The Kier molecular flexibility index (Phi) is 13.9. The predicted molar refractivity (Wildman–Crippen MR) is 313 cm³/mol. The fourth-order valence-corrected chi connectivity index (χ4v) is 10.00. The molecule has 0 unspecified atom stereocenters. The van der Waals surface area contributed by atoms with Crippen molar-refractivity contribution < 1.29 is 25.8 Å². The summed E-state index contributed by atoms with van der Waals surface area (Å²) in [5.41, 5.74) is 17.1. The molecule has 0 atom stereocenters. The van der Waals surface area contributed by atoms with E-state index in [4.69, 9.17) is 9.72 Å². The molecule has 76 heavy (non-hydrogen) atoms. The SMILES string of the molecule is CC(C)(C)c1cc(-c2ccc3c(c2)c2ccc(Oc4[c-]c(N5[CH-]N(c6cc(C(C)(C)C)cc(C(C)(C)C)c6)c6c(-c7ccc(C#N)cc7)cccc65)ccc4)[c-]c2n3-c2cc(C(C)(C)C)ccn2)cc(C(C)(C)C)c1.[Pt]. The van der Waals surface area contributed by atoms with Gasteiger partial charge in [-0.2, -0.15) is 17.4 Å². The minimum Gasteiger partial charge on any atom is -0.509 e. The first kappa shape index (κ1) is 53.9. The van der Waals surface area contributed by atoms with E-state index in [0.29, 0.717) is 17.1 Å². The summed E-state index contributed by atoms with van der Waals surface area (Å²) in [7, 11) is 0. The van der Waals surface area contributed by atoms with E-state index in [1.165, 1.54) is 38.9 Å². The van der Waals surface area contributed by atoms with Crippen LogP contribution in [-0.2, 0) is 48.1 Å². The molecule has 0 bridgehead atoms. The fraction of sp³-hybridized carbons (Fsp3) is 0.290. The normalized spacial score (nSPS) is 13.2. The molecule has 0 saturated carbocycles. The molecular formula is C69H70N5OPt-3. The Labute approximate surface area is 466 Å². The first-order chi connectivity index (χ1) is 35.2. The Hall–Kier alpha value is -6.93. The van der Waals surface area contributed by atoms with Crippen LogP contribution in [0.5, 0.6) is 11.5 Å². The molecule has 6 nitrogen and oxygen atoms in total. The van der Waals surface area contributed by atoms with Gasteiger partial charge in [0.25, 0.3) is 0 Å². The van der Waals surface area contributed by atoms with Gasteiger partial charge in [0.15, 0.2) is 0 Å². The molecule has 10 rings (SSSR count). The van der Waals surface area contributed by atoms with Crippen LogP contribution >= 0.6 is 0 Å². The van der Waals surface area contributed by atoms with Crippen molar-refractivity contribution in [2.24, 2.45) is 0 Å². The first-order valence-electron chi connectivity index (χ1n) is 26.3. The zero-order chi connectivity index (χ0) is 53.6. The second-order valence-electron chi connectivity index (χ2n) is 25.6. The number of fused-ring (bicyclic) bond motifs is 4. The van der Waals surface area contributed by atoms with Gasteiger partial charge in [-0.3, -0.25) is 0 Å². The number of nitrogens with zero attached hydrogens (tertiary/aromatic N) is 5. The first-order valence-corrected chi connectivity index (χ1v) is 26.3. The van der Waals surface area contributed by atoms with E-state index in [9.17, 15) is 5.26 Å². The van der Waals surface area contributed by atoms with Crippen molar-refractivity contribution in [3.05, 3.63) is 198 Å². The van der Waals surface area contributed by atoms with Crippen molar-refractivity contribution >= 4 is 44.6 Å². The van der Waals surface area contributed by atoms with Crippen molar-refractivity contribution in [3.8, 4) is 45.6 Å². The van der Waals surface area contributed by atoms with Gasteiger partial charge in [-0.15, -0.1) is 48.1 Å². The fourth-order valence-electron chi connectivity index (χ4n) is 10.00. The number of rotatable bonds is 7. The van der Waals surface area contributed by atoms with E-state index in [0.717, 1.165) is 61.5 Å². The number of hydrogen-bond donors (Lipinski definition) is 0. The number of anilines is 4. The Bertz CT molecular complexity index is 3640. The predicted octanol–water partition coefficient (Wildman–Crippen LogP) is 18.7. The summed E-state index contributed by atoms with van der Waals surface area (Å²) in [6, 6.07) is 59.5. The molecule has 0 aliphatic carbocycles. The van der Waals surface area contributed by atoms with Crippen molar-refractivity contribution in [1.29, 1.82) is 5.26 Å². The molecule has 1 aliphatic rings. The molecule has 7 aromatic carbocycles. The third-order valence-electron chi connectivity index (χ3n) is 14.7. The zero-order valence-electron chi connectivity index (χ0n) is 46.9. The van der Waals surface area contributed by atoms with E-state index in [2.05, 4.69) is 240 Å². The van der Waals surface area contributed by atoms with Gasteiger partial charge in [-0.25, -0.2) is 4.98 Å². The standard InChI is InChI=1S/C69H70N5O.Pt/c1-65(2,3)48-30-31-71-63(39-48)74-60-29-26-46(47-32-49(66(4,5)6)35-50(33-47)67(7,8)9)34-59(60)58-28-27-56(41-62(58)74)75-55-19-16-18-53(40-55)72-43-73(54-37-51(68(10,11)12)36-52(38-54)69(13,14)15)64-57(20-17-21-61(64)72)45-24-22-44(42-70)23-25-45;/h16-39,43H,1-15H3;/q-3;. The van der Waals surface area contributed by atoms with E-state index < -0.39 is 0 Å². The molecule has 0 saturated heterocycles. The molecule has 7 heteroatoms. The number of hydrogen-bond acceptors (Lipinski definition) is 5. The van der Waals surface area contributed by atoms with Gasteiger partial charge >= 0.3 is 0 Å². The summed E-state index contributed by atoms with van der Waals surface area (Å²) in [6.07, 6.45) is 1.92. The second kappa shape index (κ2) is 19.6. The number of benzene rings is 7. The van der Waals surface area contributed by atoms with Crippen molar-refractivity contribution in [1.82, 2.24) is 9.55 Å². The smallest absolute Gasteiger partial charge is 0.135 e. The van der Waals surface area contributed by atoms with Gasteiger partial charge in [0.05, 0.1) is 11.6 Å². The molecule has 0 radical (unpaired) electrons. The monoisotopic (exact) mass is 1180 g/mol. The van der Waals surface area contributed by atoms with Crippen molar-refractivity contribution in [2.45, 2.75) is 131 Å². The van der Waals surface area contributed by atoms with Crippen LogP contribution in [0.4, 0.5) is 22.7 Å². The van der Waals surface area contributed by atoms with Crippen LogP contribution in [-0.4, -0.2) is 9.55 Å². The summed E-state index contributed by atoms with van der Waals surface area (Å²) in [4.78, 5) is 9.52. The summed E-state index contributed by atoms with van der Waals surface area (Å²) in [5, 5.41) is 11.9. The van der Waals surface area contributed by atoms with E-state index in [1.54, 1.807) is 0 Å². The Morgan fingerprint density at radius 2 is 1.09 bits per heavy atom. The largest absolute Gasteiger partial charge is 0.509 e. The van der Waals surface area contributed by atoms with Gasteiger partial charge in [0.2, 0.25) is 0 Å². The molecule has 2 aromatic heterocycles. The summed E-state index contributed by atoms with van der Waals surface area (Å²) in [5.74, 6) is 1.97. The van der Waals surface area contributed by atoms with Gasteiger partial charge in [0, 0.05) is 66.9 Å². The number of aromatic nitrogens is 2. The molecule has 0 fully saturated rings. The molecule has 1 aliphatic heterocycles. The van der Waals surface area contributed by atoms with Crippen molar-refractivity contribution in [3.63, 3.8) is 0 Å². The number of para-hydroxylation sites is 1. The van der Waals surface area contributed by atoms with Crippen LogP contribution in [0.2, 0.25) is 0 Å². The maximum atomic E-state index is 9.68. The third kappa shape index (κ3) is 10.5. The number of ether oxygens (including phenoxy) is 1. The summed E-state index contributed by atoms with van der Waals surface area (Å²) in [6.45, 7) is 36.3. The maximum absolute atomic E-state index is 9.68. The van der Waals surface area contributed by atoms with Gasteiger partial charge in [-0.1, -0.05) is 170 Å². The van der Waals surface area contributed by atoms with E-state index >= 15 is 0 Å². The zero-order valence-corrected chi connectivity index (χ0v) is 49.2. The average molecular weight is 1180 g/mol. The molecule has 390 valence electrons. The minimum atomic E-state index is -0.0796. The molecule has 0 amide bonds. The second-order valence-corrected chi connectivity index (χ2v) is 25.6. The van der Waals surface area contributed by atoms with Gasteiger partial charge in [-0.05, 0) is 125 Å². The van der Waals surface area contributed by atoms with Crippen LogP contribution in [0.3, 0.4) is 0 Å². The third-order valence-corrected chi connectivity index (χ3v) is 14.7. The van der Waals surface area contributed by atoms with Gasteiger partial charge in [0.1, 0.15) is 5.82 Å². The maximum Gasteiger partial charge on any atom is 0.135 e. The Morgan fingerprint density at radius 1 is 0.513 bits per heavy atom. The molecule has 0 N–H and O–H groups in total. The topological polar surface area (TPSA) is 57.3 Å². The number of nitriles is 1. The Morgan fingerprint density at radius 3 is 1.70 bits per heavy atom. The van der Waals surface area contributed by atoms with Gasteiger partial charge < -0.3 is 19.1 Å². The molecule has 9 aromatic rings. The van der Waals surface area contributed by atoms with Crippen LogP contribution in [0.15, 0.2) is 146 Å². The Balaban J connectivity index is 0.00000706. The van der Waals surface area contributed by atoms with Crippen LogP contribution < -0.4 is 14.5 Å². The molecular weight excluding hydrogens is 1110 g/mol. The van der Waals surface area contributed by atoms with Crippen LogP contribution in [0, 0.1) is 30.1 Å². The quantitative estimate of drug-likeness (QED) is 0.149. The minimum absolute atomic E-state index is 0. The summed E-state index contributed by atoms with van der Waals surface area (Å²) < 4.78 is 9.06. The molecule has 3 heterocycles. The average Bonchev–Trinajstić information content (AvgIpc) is 3.95. The summed E-state index contributed by atoms with van der Waals surface area (Å²) >= 11 is 0. The van der Waals surface area contributed by atoms with Crippen molar-refractivity contribution in [2.75, 3.05) is 9.80 Å². The van der Waals surface area contributed by atoms with Crippen LogP contribution in [0.25, 0.3) is 49.9 Å².